The van der Waals surface area contributed by atoms with Gasteiger partial charge in [0.2, 0.25) is 0 Å². The van der Waals surface area contributed by atoms with Crippen molar-refractivity contribution in [2.24, 2.45) is 0 Å². The van der Waals surface area contributed by atoms with Crippen molar-refractivity contribution < 1.29 is 0 Å². The first-order valence-electron chi connectivity index (χ1n) is 5.29. The Morgan fingerprint density at radius 1 is 1.50 bits per heavy atom. The molecule has 0 N–H and O–H groups in total. The molecule has 0 fully saturated rings. The van der Waals surface area contributed by atoms with Crippen LogP contribution < -0.4 is 0 Å². The van der Waals surface area contributed by atoms with Crippen LogP contribution in [-0.2, 0) is 6.54 Å². The molecule has 0 atom stereocenters. The number of hydrogen-bond acceptors (Lipinski definition) is 1. The van der Waals surface area contributed by atoms with Gasteiger partial charge in [-0.1, -0.05) is 27.2 Å². The Morgan fingerprint density at radius 3 is 2.71 bits per heavy atom. The molecule has 0 amide bonds. The molecule has 0 saturated heterocycles. The lowest BCUT2D eigenvalue weighted by Crippen LogP contribution is -1.98. The maximum Gasteiger partial charge on any atom is 0.120 e. The molecular weight excluding hydrogens is 172 g/mol. The molecule has 0 aliphatic heterocycles. The average molecular weight is 190 g/mol. The van der Waals surface area contributed by atoms with Crippen LogP contribution in [0.3, 0.4) is 0 Å². The summed E-state index contributed by atoms with van der Waals surface area (Å²) in [4.78, 5) is 0. The van der Waals surface area contributed by atoms with E-state index in [-0.39, 0.29) is 0 Å². The normalized spacial score (nSPS) is 10.5. The second kappa shape index (κ2) is 4.85. The van der Waals surface area contributed by atoms with Crippen molar-refractivity contribution in [1.29, 1.82) is 5.26 Å². The molecule has 0 unspecified atom stereocenters. The fraction of sp³-hybridized carbons (Fsp3) is 0.583. The predicted octanol–water partition coefficient (Wildman–Crippen LogP) is 3.28. The number of nitrogens with zero attached hydrogens (tertiary/aromatic N) is 2. The summed E-state index contributed by atoms with van der Waals surface area (Å²) in [5.41, 5.74) is 2.06. The van der Waals surface area contributed by atoms with E-state index in [4.69, 9.17) is 5.26 Å². The molecule has 2 heteroatoms. The molecule has 76 valence electrons. The number of nitriles is 1. The Labute approximate surface area is 86.2 Å². The molecule has 0 aliphatic rings. The molecule has 1 aromatic rings. The standard InChI is InChI=1S/C12H18N2/c1-4-5-6-14-9-11(10(2)3)7-12(14)8-13/h7,9-10H,4-6H2,1-3H3. The molecule has 0 saturated carbocycles. The fourth-order valence-electron chi connectivity index (χ4n) is 1.45. The highest BCUT2D eigenvalue weighted by molar-refractivity contribution is 5.30. The van der Waals surface area contributed by atoms with E-state index in [9.17, 15) is 0 Å². The number of hydrogen-bond donors (Lipinski definition) is 0. The topological polar surface area (TPSA) is 28.7 Å². The van der Waals surface area contributed by atoms with E-state index in [1.54, 1.807) is 0 Å². The summed E-state index contributed by atoms with van der Waals surface area (Å²) in [7, 11) is 0. The largest absolute Gasteiger partial charge is 0.339 e. The minimum absolute atomic E-state index is 0.505. The van der Waals surface area contributed by atoms with Gasteiger partial charge in [0, 0.05) is 12.7 Å². The van der Waals surface area contributed by atoms with Gasteiger partial charge < -0.3 is 4.57 Å². The van der Waals surface area contributed by atoms with Gasteiger partial charge in [-0.2, -0.15) is 5.26 Å². The molecule has 0 aliphatic carbocycles. The van der Waals surface area contributed by atoms with E-state index in [1.807, 2.05) is 6.07 Å². The summed E-state index contributed by atoms with van der Waals surface area (Å²) in [5, 5.41) is 8.94. The minimum atomic E-state index is 0.505. The average Bonchev–Trinajstić information content (AvgIpc) is 2.57. The first-order valence-corrected chi connectivity index (χ1v) is 5.29. The van der Waals surface area contributed by atoms with Crippen LogP contribution in [0.5, 0.6) is 0 Å². The van der Waals surface area contributed by atoms with Gasteiger partial charge in [0.05, 0.1) is 0 Å². The fourth-order valence-corrected chi connectivity index (χ4v) is 1.45. The summed E-state index contributed by atoms with van der Waals surface area (Å²) in [6.45, 7) is 7.44. The Kier molecular flexibility index (Phi) is 3.76. The van der Waals surface area contributed by atoms with E-state index in [1.165, 1.54) is 12.0 Å². The highest BCUT2D eigenvalue weighted by Gasteiger charge is 2.07. The summed E-state index contributed by atoms with van der Waals surface area (Å²) in [6, 6.07) is 4.24. The zero-order chi connectivity index (χ0) is 10.6. The lowest BCUT2D eigenvalue weighted by Gasteiger charge is -2.02. The van der Waals surface area contributed by atoms with Gasteiger partial charge in [-0.25, -0.2) is 0 Å². The molecular formula is C12H18N2. The van der Waals surface area contributed by atoms with Gasteiger partial charge in [0.1, 0.15) is 11.8 Å². The summed E-state index contributed by atoms with van der Waals surface area (Å²) in [6.07, 6.45) is 4.42. The van der Waals surface area contributed by atoms with Crippen molar-refractivity contribution in [2.75, 3.05) is 0 Å². The molecule has 1 rings (SSSR count). The van der Waals surface area contributed by atoms with E-state index >= 15 is 0 Å². The van der Waals surface area contributed by atoms with Crippen molar-refractivity contribution in [3.8, 4) is 6.07 Å². The summed E-state index contributed by atoms with van der Waals surface area (Å²) in [5.74, 6) is 0.505. The lowest BCUT2D eigenvalue weighted by atomic mass is 10.1. The van der Waals surface area contributed by atoms with Crippen LogP contribution in [0.1, 0.15) is 50.8 Å². The van der Waals surface area contributed by atoms with Crippen molar-refractivity contribution in [3.05, 3.63) is 23.5 Å². The zero-order valence-corrected chi connectivity index (χ0v) is 9.25. The summed E-state index contributed by atoms with van der Waals surface area (Å²) < 4.78 is 2.07. The maximum atomic E-state index is 8.94. The van der Waals surface area contributed by atoms with Crippen LogP contribution >= 0.6 is 0 Å². The second-order valence-corrected chi connectivity index (χ2v) is 3.97. The van der Waals surface area contributed by atoms with Crippen molar-refractivity contribution >= 4 is 0 Å². The van der Waals surface area contributed by atoms with Crippen LogP contribution in [-0.4, -0.2) is 4.57 Å². The van der Waals surface area contributed by atoms with Gasteiger partial charge in [-0.15, -0.1) is 0 Å². The van der Waals surface area contributed by atoms with Crippen molar-refractivity contribution in [3.63, 3.8) is 0 Å². The molecule has 0 radical (unpaired) electrons. The van der Waals surface area contributed by atoms with Crippen LogP contribution in [0.25, 0.3) is 0 Å². The monoisotopic (exact) mass is 190 g/mol. The maximum absolute atomic E-state index is 8.94. The second-order valence-electron chi connectivity index (χ2n) is 3.97. The number of aryl methyl sites for hydroxylation is 1. The minimum Gasteiger partial charge on any atom is -0.339 e. The zero-order valence-electron chi connectivity index (χ0n) is 9.25. The Bertz CT molecular complexity index is 329. The third-order valence-electron chi connectivity index (χ3n) is 2.45. The van der Waals surface area contributed by atoms with Gasteiger partial charge in [-0.05, 0) is 24.0 Å². The molecule has 2 nitrogen and oxygen atoms in total. The van der Waals surface area contributed by atoms with Crippen LogP contribution in [0.2, 0.25) is 0 Å². The number of aromatic nitrogens is 1. The third-order valence-corrected chi connectivity index (χ3v) is 2.45. The quantitative estimate of drug-likeness (QED) is 0.716. The van der Waals surface area contributed by atoms with Crippen LogP contribution in [0.15, 0.2) is 12.3 Å². The lowest BCUT2D eigenvalue weighted by molar-refractivity contribution is 0.627. The molecule has 0 bridgehead atoms. The van der Waals surface area contributed by atoms with E-state index in [0.29, 0.717) is 5.92 Å². The van der Waals surface area contributed by atoms with Crippen LogP contribution in [0.4, 0.5) is 0 Å². The molecule has 1 heterocycles. The Balaban J connectivity index is 2.86. The van der Waals surface area contributed by atoms with Gasteiger partial charge in [-0.3, -0.25) is 0 Å². The predicted molar refractivity (Wildman–Crippen MR) is 58.1 cm³/mol. The van der Waals surface area contributed by atoms with E-state index in [0.717, 1.165) is 18.7 Å². The smallest absolute Gasteiger partial charge is 0.120 e. The molecule has 0 spiro atoms. The van der Waals surface area contributed by atoms with E-state index < -0.39 is 0 Å². The van der Waals surface area contributed by atoms with Crippen molar-refractivity contribution in [2.45, 2.75) is 46.1 Å². The van der Waals surface area contributed by atoms with E-state index in [2.05, 4.69) is 37.6 Å². The Hall–Kier alpha value is -1.23. The SMILES string of the molecule is CCCCn1cc(C(C)C)cc1C#N. The molecule has 1 aromatic heterocycles. The number of unbranched alkanes of at least 4 members (excludes halogenated alkanes) is 1. The first kappa shape index (κ1) is 10.8. The summed E-state index contributed by atoms with van der Waals surface area (Å²) >= 11 is 0. The molecule has 0 aromatic carbocycles. The Morgan fingerprint density at radius 2 is 2.21 bits per heavy atom. The van der Waals surface area contributed by atoms with Gasteiger partial charge >= 0.3 is 0 Å². The highest BCUT2D eigenvalue weighted by atomic mass is 15.0. The number of rotatable bonds is 4. The third kappa shape index (κ3) is 2.38. The van der Waals surface area contributed by atoms with Crippen molar-refractivity contribution in [1.82, 2.24) is 4.57 Å². The van der Waals surface area contributed by atoms with Crippen LogP contribution in [0, 0.1) is 11.3 Å². The highest BCUT2D eigenvalue weighted by Crippen LogP contribution is 2.17. The van der Waals surface area contributed by atoms with Gasteiger partial charge in [0.15, 0.2) is 0 Å². The first-order chi connectivity index (χ1) is 6.69. The van der Waals surface area contributed by atoms with Gasteiger partial charge in [0.25, 0.3) is 0 Å². The molecule has 14 heavy (non-hydrogen) atoms.